The molecule has 0 bridgehead atoms. The van der Waals surface area contributed by atoms with Crippen LogP contribution in [-0.2, 0) is 11.2 Å². The third-order valence-corrected chi connectivity index (χ3v) is 3.16. The number of carbonyl (C=O) groups excluding carboxylic acids is 1. The molecule has 104 valence electrons. The number of para-hydroxylation sites is 1. The number of halogens is 2. The number of aryl methyl sites for hydroxylation is 2. The summed E-state index contributed by atoms with van der Waals surface area (Å²) in [7, 11) is 0. The van der Waals surface area contributed by atoms with Crippen LogP contribution in [0.3, 0.4) is 0 Å². The van der Waals surface area contributed by atoms with Crippen molar-refractivity contribution in [3.8, 4) is 0 Å². The van der Waals surface area contributed by atoms with Crippen molar-refractivity contribution in [2.45, 2.75) is 20.3 Å². The first-order valence-electron chi connectivity index (χ1n) is 6.27. The Bertz CT molecular complexity index is 633. The van der Waals surface area contributed by atoms with Crippen LogP contribution in [0.1, 0.15) is 16.7 Å². The van der Waals surface area contributed by atoms with Gasteiger partial charge in [0.05, 0.1) is 6.42 Å². The summed E-state index contributed by atoms with van der Waals surface area (Å²) in [5.41, 5.74) is 2.62. The highest BCUT2D eigenvalue weighted by Crippen LogP contribution is 2.18. The van der Waals surface area contributed by atoms with E-state index in [2.05, 4.69) is 5.32 Å². The van der Waals surface area contributed by atoms with Gasteiger partial charge < -0.3 is 5.32 Å². The van der Waals surface area contributed by atoms with Gasteiger partial charge in [-0.1, -0.05) is 24.3 Å². The molecule has 0 spiro atoms. The molecule has 0 radical (unpaired) electrons. The smallest absolute Gasteiger partial charge is 0.228 e. The molecular weight excluding hydrogens is 260 g/mol. The predicted molar refractivity (Wildman–Crippen MR) is 74.6 cm³/mol. The number of nitrogens with one attached hydrogen (secondary N) is 1. The van der Waals surface area contributed by atoms with Crippen molar-refractivity contribution in [2.75, 3.05) is 5.32 Å². The van der Waals surface area contributed by atoms with Gasteiger partial charge in [-0.25, -0.2) is 8.78 Å². The summed E-state index contributed by atoms with van der Waals surface area (Å²) in [4.78, 5) is 11.8. The standard InChI is InChI=1S/C16H15F2NO/c1-10-6-7-12(8-11(10)2)9-15(20)19-16-13(17)4-3-5-14(16)18/h3-8H,9H2,1-2H3,(H,19,20). The van der Waals surface area contributed by atoms with Crippen LogP contribution in [0.4, 0.5) is 14.5 Å². The topological polar surface area (TPSA) is 29.1 Å². The van der Waals surface area contributed by atoms with Gasteiger partial charge in [0.1, 0.15) is 17.3 Å². The second kappa shape index (κ2) is 5.82. The molecule has 2 aromatic rings. The average Bonchev–Trinajstić information content (AvgIpc) is 2.38. The first-order valence-corrected chi connectivity index (χ1v) is 6.27. The van der Waals surface area contributed by atoms with Crippen LogP contribution < -0.4 is 5.32 Å². The van der Waals surface area contributed by atoms with Gasteiger partial charge in [0.25, 0.3) is 0 Å². The quantitative estimate of drug-likeness (QED) is 0.907. The van der Waals surface area contributed by atoms with Crippen molar-refractivity contribution in [1.82, 2.24) is 0 Å². The average molecular weight is 275 g/mol. The molecule has 0 aliphatic rings. The van der Waals surface area contributed by atoms with Crippen LogP contribution in [0.15, 0.2) is 36.4 Å². The third kappa shape index (κ3) is 3.20. The zero-order valence-corrected chi connectivity index (χ0v) is 11.3. The Morgan fingerprint density at radius 1 is 1.05 bits per heavy atom. The first kappa shape index (κ1) is 14.2. The molecule has 0 heterocycles. The monoisotopic (exact) mass is 275 g/mol. The number of amides is 1. The van der Waals surface area contributed by atoms with Gasteiger partial charge in [-0.05, 0) is 42.7 Å². The number of hydrogen-bond acceptors (Lipinski definition) is 1. The molecule has 0 saturated heterocycles. The van der Waals surface area contributed by atoms with Gasteiger partial charge in [-0.15, -0.1) is 0 Å². The second-order valence-electron chi connectivity index (χ2n) is 4.74. The lowest BCUT2D eigenvalue weighted by Crippen LogP contribution is -2.16. The van der Waals surface area contributed by atoms with E-state index in [1.54, 1.807) is 0 Å². The highest BCUT2D eigenvalue weighted by molar-refractivity contribution is 5.92. The Balaban J connectivity index is 2.11. The molecule has 1 N–H and O–H groups in total. The summed E-state index contributed by atoms with van der Waals surface area (Å²) in [5, 5.41) is 2.27. The van der Waals surface area contributed by atoms with E-state index in [1.165, 1.54) is 6.07 Å². The minimum atomic E-state index is -0.779. The van der Waals surface area contributed by atoms with E-state index in [-0.39, 0.29) is 6.42 Å². The molecule has 0 fully saturated rings. The zero-order chi connectivity index (χ0) is 14.7. The van der Waals surface area contributed by atoms with Crippen molar-refractivity contribution in [1.29, 1.82) is 0 Å². The van der Waals surface area contributed by atoms with E-state index in [1.807, 2.05) is 32.0 Å². The van der Waals surface area contributed by atoms with Crippen LogP contribution in [0.25, 0.3) is 0 Å². The lowest BCUT2D eigenvalue weighted by atomic mass is 10.0. The normalized spacial score (nSPS) is 10.4. The molecule has 2 aromatic carbocycles. The lowest BCUT2D eigenvalue weighted by molar-refractivity contribution is -0.115. The molecule has 0 unspecified atom stereocenters. The molecule has 0 aromatic heterocycles. The van der Waals surface area contributed by atoms with Crippen LogP contribution in [0.5, 0.6) is 0 Å². The number of carbonyl (C=O) groups is 1. The fraction of sp³-hybridized carbons (Fsp3) is 0.188. The second-order valence-corrected chi connectivity index (χ2v) is 4.74. The molecule has 20 heavy (non-hydrogen) atoms. The Kier molecular flexibility index (Phi) is 4.13. The van der Waals surface area contributed by atoms with Crippen molar-refractivity contribution in [3.63, 3.8) is 0 Å². The minimum Gasteiger partial charge on any atom is -0.321 e. The van der Waals surface area contributed by atoms with Crippen molar-refractivity contribution < 1.29 is 13.6 Å². The molecular formula is C16H15F2NO. The van der Waals surface area contributed by atoms with Gasteiger partial charge >= 0.3 is 0 Å². The summed E-state index contributed by atoms with van der Waals surface area (Å²) < 4.78 is 26.8. The zero-order valence-electron chi connectivity index (χ0n) is 11.3. The molecule has 2 nitrogen and oxygen atoms in total. The highest BCUT2D eigenvalue weighted by atomic mass is 19.1. The van der Waals surface area contributed by atoms with E-state index in [4.69, 9.17) is 0 Å². The maximum absolute atomic E-state index is 13.4. The van der Waals surface area contributed by atoms with Crippen LogP contribution in [0.2, 0.25) is 0 Å². The van der Waals surface area contributed by atoms with E-state index in [0.29, 0.717) is 0 Å². The maximum Gasteiger partial charge on any atom is 0.228 e. The van der Waals surface area contributed by atoms with E-state index in [0.717, 1.165) is 28.8 Å². The van der Waals surface area contributed by atoms with Crippen LogP contribution in [-0.4, -0.2) is 5.91 Å². The summed E-state index contributed by atoms with van der Waals surface area (Å²) in [5.74, 6) is -2.01. The van der Waals surface area contributed by atoms with Gasteiger partial charge in [-0.2, -0.15) is 0 Å². The van der Waals surface area contributed by atoms with E-state index >= 15 is 0 Å². The van der Waals surface area contributed by atoms with Crippen molar-refractivity contribution in [3.05, 3.63) is 64.7 Å². The fourth-order valence-electron chi connectivity index (χ4n) is 1.90. The van der Waals surface area contributed by atoms with Crippen molar-refractivity contribution in [2.24, 2.45) is 0 Å². The van der Waals surface area contributed by atoms with E-state index in [9.17, 15) is 13.6 Å². The van der Waals surface area contributed by atoms with E-state index < -0.39 is 23.2 Å². The molecule has 0 aliphatic heterocycles. The number of rotatable bonds is 3. The molecule has 0 atom stereocenters. The molecule has 1 amide bonds. The Labute approximate surface area is 116 Å². The Hall–Kier alpha value is -2.23. The van der Waals surface area contributed by atoms with Gasteiger partial charge in [0.2, 0.25) is 5.91 Å². The number of benzene rings is 2. The Morgan fingerprint density at radius 2 is 1.70 bits per heavy atom. The fourth-order valence-corrected chi connectivity index (χ4v) is 1.90. The Morgan fingerprint density at radius 3 is 2.30 bits per heavy atom. The van der Waals surface area contributed by atoms with Gasteiger partial charge in [0.15, 0.2) is 0 Å². The largest absolute Gasteiger partial charge is 0.321 e. The molecule has 2 rings (SSSR count). The van der Waals surface area contributed by atoms with Gasteiger partial charge in [-0.3, -0.25) is 4.79 Å². The number of hydrogen-bond donors (Lipinski definition) is 1. The highest BCUT2D eigenvalue weighted by Gasteiger charge is 2.12. The van der Waals surface area contributed by atoms with Crippen LogP contribution >= 0.6 is 0 Å². The first-order chi connectivity index (χ1) is 9.47. The molecule has 4 heteroatoms. The van der Waals surface area contributed by atoms with Gasteiger partial charge in [0, 0.05) is 0 Å². The lowest BCUT2D eigenvalue weighted by Gasteiger charge is -2.08. The molecule has 0 saturated carbocycles. The summed E-state index contributed by atoms with van der Waals surface area (Å²) in [6.45, 7) is 3.93. The maximum atomic E-state index is 13.4. The third-order valence-electron chi connectivity index (χ3n) is 3.16. The summed E-state index contributed by atoms with van der Waals surface area (Å²) in [6.07, 6.45) is 0.0783. The summed E-state index contributed by atoms with van der Waals surface area (Å²) in [6, 6.07) is 9.11. The SMILES string of the molecule is Cc1ccc(CC(=O)Nc2c(F)cccc2F)cc1C. The van der Waals surface area contributed by atoms with Crippen LogP contribution in [0, 0.1) is 25.5 Å². The summed E-state index contributed by atoms with van der Waals surface area (Å²) >= 11 is 0. The molecule has 0 aliphatic carbocycles. The predicted octanol–water partition coefficient (Wildman–Crippen LogP) is 3.76. The number of anilines is 1. The van der Waals surface area contributed by atoms with Crippen molar-refractivity contribution >= 4 is 11.6 Å². The minimum absolute atomic E-state index is 0.0783.